The van der Waals surface area contributed by atoms with Gasteiger partial charge >= 0.3 is 11.9 Å². The van der Waals surface area contributed by atoms with E-state index in [1.54, 1.807) is 6.92 Å². The monoisotopic (exact) mass is 432 g/mol. The summed E-state index contributed by atoms with van der Waals surface area (Å²) in [5.74, 6) is -5.39. The van der Waals surface area contributed by atoms with Gasteiger partial charge in [0.2, 0.25) is 0 Å². The molecule has 1 saturated carbocycles. The summed E-state index contributed by atoms with van der Waals surface area (Å²) in [6.45, 7) is 1.56. The van der Waals surface area contributed by atoms with Gasteiger partial charge < -0.3 is 15.3 Å². The molecular weight excluding hydrogens is 425 g/mol. The predicted octanol–water partition coefficient (Wildman–Crippen LogP) is 2.89. The van der Waals surface area contributed by atoms with Gasteiger partial charge in [-0.3, -0.25) is 9.59 Å². The molecule has 2 aliphatic rings. The second kappa shape index (κ2) is 6.03. The van der Waals surface area contributed by atoms with Gasteiger partial charge in [0.05, 0.1) is 28.5 Å². The van der Waals surface area contributed by atoms with Crippen LogP contribution in [0.15, 0.2) is 10.1 Å². The van der Waals surface area contributed by atoms with Crippen LogP contribution < -0.4 is 0 Å². The molecular formula is C11H10Cl6O5. The maximum Gasteiger partial charge on any atom is 0.312 e. The molecule has 0 unspecified atom stereocenters. The molecule has 1 fully saturated rings. The van der Waals surface area contributed by atoms with Gasteiger partial charge in [0.25, 0.3) is 0 Å². The van der Waals surface area contributed by atoms with Crippen LogP contribution in [-0.4, -0.2) is 43.2 Å². The lowest BCUT2D eigenvalue weighted by Crippen LogP contribution is -2.46. The summed E-state index contributed by atoms with van der Waals surface area (Å²) in [6.07, 6.45) is 0. The van der Waals surface area contributed by atoms with Gasteiger partial charge in [0, 0.05) is 0 Å². The van der Waals surface area contributed by atoms with Gasteiger partial charge in [0.1, 0.15) is 9.75 Å². The van der Waals surface area contributed by atoms with E-state index < -0.39 is 37.9 Å². The summed E-state index contributed by atoms with van der Waals surface area (Å²) < 4.78 is 2.76. The van der Waals surface area contributed by atoms with Crippen LogP contribution in [0.1, 0.15) is 6.92 Å². The SMILES string of the molecule is CCOC(=O)[C@@H]1[C@H](C(=O)O)[C@]2(Cl)C(Cl)=C(Cl)[C@@]1(Cl)C2(Cl)Cl.O. The smallest absolute Gasteiger partial charge is 0.312 e. The van der Waals surface area contributed by atoms with Crippen molar-refractivity contribution in [1.82, 2.24) is 0 Å². The predicted molar refractivity (Wildman–Crippen MR) is 85.2 cm³/mol. The van der Waals surface area contributed by atoms with Crippen molar-refractivity contribution < 1.29 is 24.9 Å². The Morgan fingerprint density at radius 1 is 1.09 bits per heavy atom. The summed E-state index contributed by atoms with van der Waals surface area (Å²) in [6, 6.07) is 0. The van der Waals surface area contributed by atoms with Crippen LogP contribution in [0.3, 0.4) is 0 Å². The van der Waals surface area contributed by atoms with Crippen LogP contribution in [0.25, 0.3) is 0 Å². The number of carbonyl (C=O) groups is 2. The minimum Gasteiger partial charge on any atom is -0.481 e. The lowest BCUT2D eigenvalue weighted by Gasteiger charge is -2.32. The molecule has 2 bridgehead atoms. The van der Waals surface area contributed by atoms with Crippen molar-refractivity contribution in [2.45, 2.75) is 21.0 Å². The van der Waals surface area contributed by atoms with Gasteiger partial charge in [0.15, 0.2) is 4.33 Å². The van der Waals surface area contributed by atoms with Gasteiger partial charge in [-0.05, 0) is 6.92 Å². The van der Waals surface area contributed by atoms with E-state index in [2.05, 4.69) is 0 Å². The number of carboxylic acid groups (broad SMARTS) is 1. The van der Waals surface area contributed by atoms with E-state index in [0.717, 1.165) is 0 Å². The number of aliphatic carboxylic acids is 1. The van der Waals surface area contributed by atoms with E-state index in [-0.39, 0.29) is 22.1 Å². The van der Waals surface area contributed by atoms with Crippen LogP contribution >= 0.6 is 69.6 Å². The lowest BCUT2D eigenvalue weighted by atomic mass is 9.82. The largest absolute Gasteiger partial charge is 0.481 e. The van der Waals surface area contributed by atoms with Crippen LogP contribution in [0, 0.1) is 11.8 Å². The highest BCUT2D eigenvalue weighted by atomic mass is 35.5. The minimum absolute atomic E-state index is 0. The number of carboxylic acids is 1. The first-order valence-corrected chi connectivity index (χ1v) is 7.97. The number of hydrogen-bond acceptors (Lipinski definition) is 3. The van der Waals surface area contributed by atoms with Gasteiger partial charge in [-0.15, -0.1) is 23.2 Å². The summed E-state index contributed by atoms with van der Waals surface area (Å²) in [5, 5.41) is 8.92. The van der Waals surface area contributed by atoms with Crippen LogP contribution in [0.5, 0.6) is 0 Å². The van der Waals surface area contributed by atoms with Gasteiger partial charge in [-0.2, -0.15) is 0 Å². The molecule has 22 heavy (non-hydrogen) atoms. The van der Waals surface area contributed by atoms with E-state index >= 15 is 0 Å². The van der Waals surface area contributed by atoms with Crippen molar-refractivity contribution in [2.24, 2.45) is 11.8 Å². The fourth-order valence-corrected chi connectivity index (χ4v) is 5.75. The zero-order chi connectivity index (χ0) is 16.4. The standard InChI is InChI=1S/C11H8Cl6O4.H2O/c1-2-21-8(20)4-3(7(18)19)9(14)5(12)6(13)10(4,15)11(9,16)17;/h3-4H,2H2,1H3,(H,18,19);1H2/t3-,4+,9+,10-;/m1./s1. The molecule has 0 saturated heterocycles. The number of halogens is 6. The first kappa shape index (κ1) is 20.4. The molecule has 0 amide bonds. The molecule has 11 heteroatoms. The van der Waals surface area contributed by atoms with Gasteiger partial charge in [-0.25, -0.2) is 0 Å². The Bertz CT molecular complexity index is 563. The summed E-state index contributed by atoms with van der Waals surface area (Å²) >= 11 is 37.1. The van der Waals surface area contributed by atoms with E-state index in [1.807, 2.05) is 0 Å². The fraction of sp³-hybridized carbons (Fsp3) is 0.636. The maximum absolute atomic E-state index is 12.2. The zero-order valence-electron chi connectivity index (χ0n) is 10.8. The Kier molecular flexibility index (Phi) is 5.60. The molecule has 2 rings (SSSR count). The fourth-order valence-electron chi connectivity index (χ4n) is 2.83. The Hall–Kier alpha value is 0.380. The van der Waals surface area contributed by atoms with E-state index in [0.29, 0.717) is 0 Å². The zero-order valence-corrected chi connectivity index (χ0v) is 15.3. The maximum atomic E-state index is 12.2. The lowest BCUT2D eigenvalue weighted by molar-refractivity contribution is -0.157. The van der Waals surface area contributed by atoms with E-state index in [1.165, 1.54) is 0 Å². The van der Waals surface area contributed by atoms with Crippen molar-refractivity contribution in [3.8, 4) is 0 Å². The Balaban J connectivity index is 0.00000242. The molecule has 0 radical (unpaired) electrons. The third-order valence-corrected chi connectivity index (χ3v) is 8.00. The number of fused-ring (bicyclic) bond motifs is 2. The van der Waals surface area contributed by atoms with E-state index in [4.69, 9.17) is 74.3 Å². The van der Waals surface area contributed by atoms with Crippen molar-refractivity contribution >= 4 is 81.5 Å². The molecule has 5 nitrogen and oxygen atoms in total. The number of carbonyl (C=O) groups excluding carboxylic acids is 1. The third-order valence-electron chi connectivity index (χ3n) is 3.74. The quantitative estimate of drug-likeness (QED) is 0.545. The molecule has 0 spiro atoms. The second-order valence-corrected chi connectivity index (χ2v) is 7.95. The van der Waals surface area contributed by atoms with Crippen molar-refractivity contribution in [2.75, 3.05) is 6.61 Å². The van der Waals surface area contributed by atoms with E-state index in [9.17, 15) is 14.7 Å². The summed E-state index contributed by atoms with van der Waals surface area (Å²) in [4.78, 5) is 19.8. The highest BCUT2D eigenvalue weighted by Crippen LogP contribution is 2.76. The molecule has 126 valence electrons. The molecule has 0 aromatic heterocycles. The number of ether oxygens (including phenoxy) is 1. The molecule has 0 heterocycles. The number of alkyl halides is 4. The number of rotatable bonds is 3. The highest BCUT2D eigenvalue weighted by Gasteiger charge is 2.85. The van der Waals surface area contributed by atoms with Crippen LogP contribution in [0.2, 0.25) is 0 Å². The number of allylic oxidation sites excluding steroid dienone is 2. The molecule has 0 aromatic rings. The topological polar surface area (TPSA) is 95.1 Å². The molecule has 0 aliphatic heterocycles. The molecule has 4 atom stereocenters. The summed E-state index contributed by atoms with van der Waals surface area (Å²) in [5.41, 5.74) is 0. The van der Waals surface area contributed by atoms with Crippen LogP contribution in [0.4, 0.5) is 0 Å². The molecule has 0 aromatic carbocycles. The summed E-state index contributed by atoms with van der Waals surface area (Å²) in [7, 11) is 0. The van der Waals surface area contributed by atoms with Crippen LogP contribution in [-0.2, 0) is 14.3 Å². The first-order valence-electron chi connectivity index (χ1n) is 5.70. The Morgan fingerprint density at radius 3 is 1.86 bits per heavy atom. The number of esters is 1. The van der Waals surface area contributed by atoms with Gasteiger partial charge in [-0.1, -0.05) is 46.4 Å². The van der Waals surface area contributed by atoms with Crippen molar-refractivity contribution in [3.05, 3.63) is 10.1 Å². The average Bonchev–Trinajstić information content (AvgIpc) is 2.58. The second-order valence-electron chi connectivity index (χ2n) is 4.67. The average molecular weight is 435 g/mol. The number of hydrogen-bond donors (Lipinski definition) is 1. The first-order chi connectivity index (χ1) is 9.49. The molecule has 3 N–H and O–H groups in total. The Morgan fingerprint density at radius 2 is 1.50 bits per heavy atom. The normalized spacial score (nSPS) is 38.7. The highest BCUT2D eigenvalue weighted by molar-refractivity contribution is 6.66. The minimum atomic E-state index is -2.10. The Labute approximate surface area is 155 Å². The third kappa shape index (κ3) is 2.03. The molecule has 2 aliphatic carbocycles. The van der Waals surface area contributed by atoms with Crippen molar-refractivity contribution in [1.29, 1.82) is 0 Å². The van der Waals surface area contributed by atoms with Crippen molar-refractivity contribution in [3.63, 3.8) is 0 Å².